The molecule has 1 aliphatic heterocycles. The van der Waals surface area contributed by atoms with Crippen LogP contribution in [0, 0.1) is 0 Å². The molecule has 0 spiro atoms. The highest BCUT2D eigenvalue weighted by molar-refractivity contribution is 14.0. The van der Waals surface area contributed by atoms with Crippen LogP contribution in [0.1, 0.15) is 51.9 Å². The summed E-state index contributed by atoms with van der Waals surface area (Å²) in [6.45, 7) is 12.5. The van der Waals surface area contributed by atoms with Crippen molar-refractivity contribution in [2.75, 3.05) is 31.1 Å². The zero-order valence-electron chi connectivity index (χ0n) is 20.8. The van der Waals surface area contributed by atoms with Gasteiger partial charge in [-0.3, -0.25) is 9.39 Å². The summed E-state index contributed by atoms with van der Waals surface area (Å²) < 4.78 is 2.03. The van der Waals surface area contributed by atoms with E-state index >= 15 is 0 Å². The summed E-state index contributed by atoms with van der Waals surface area (Å²) in [4.78, 5) is 7.29. The third kappa shape index (κ3) is 6.61. The number of anilines is 1. The van der Waals surface area contributed by atoms with Gasteiger partial charge < -0.3 is 15.5 Å². The van der Waals surface area contributed by atoms with E-state index in [-0.39, 0.29) is 29.4 Å². The maximum absolute atomic E-state index is 4.80. The molecular weight excluding hydrogens is 537 g/mol. The van der Waals surface area contributed by atoms with Gasteiger partial charge in [-0.2, -0.15) is 0 Å². The lowest BCUT2D eigenvalue weighted by Crippen LogP contribution is -2.48. The van der Waals surface area contributed by atoms with Gasteiger partial charge in [0.2, 0.25) is 0 Å². The Kier molecular flexibility index (Phi) is 9.16. The Hall–Kier alpha value is -2.36. The molecule has 0 aliphatic carbocycles. The number of guanidine groups is 1. The number of nitrogens with one attached hydrogen (secondary N) is 2. The zero-order chi connectivity index (χ0) is 23.3. The van der Waals surface area contributed by atoms with Crippen molar-refractivity contribution in [2.45, 2.75) is 58.4 Å². The van der Waals surface area contributed by atoms with Gasteiger partial charge in [0.05, 0.1) is 0 Å². The highest BCUT2D eigenvalue weighted by atomic mass is 127. The number of nitrogens with zero attached hydrogens (tertiary/aromatic N) is 5. The topological polar surface area (TPSA) is 69.8 Å². The van der Waals surface area contributed by atoms with Gasteiger partial charge in [-0.25, -0.2) is 0 Å². The first-order valence-electron chi connectivity index (χ1n) is 12.1. The molecule has 1 aromatic carbocycles. The second-order valence-electron chi connectivity index (χ2n) is 9.76. The second kappa shape index (κ2) is 11.9. The lowest BCUT2D eigenvalue weighted by molar-refractivity contribution is 0.461. The van der Waals surface area contributed by atoms with Crippen molar-refractivity contribution >= 4 is 41.3 Å². The van der Waals surface area contributed by atoms with Gasteiger partial charge in [-0.05, 0) is 55.0 Å². The van der Waals surface area contributed by atoms with Gasteiger partial charge in [0.15, 0.2) is 11.6 Å². The molecule has 0 amide bonds. The van der Waals surface area contributed by atoms with Crippen LogP contribution in [0.25, 0.3) is 5.65 Å². The number of hydrogen-bond acceptors (Lipinski definition) is 4. The van der Waals surface area contributed by atoms with Crippen LogP contribution in [0.3, 0.4) is 0 Å². The summed E-state index contributed by atoms with van der Waals surface area (Å²) >= 11 is 0. The number of rotatable bonds is 6. The van der Waals surface area contributed by atoms with E-state index in [0.29, 0.717) is 12.6 Å². The van der Waals surface area contributed by atoms with Crippen molar-refractivity contribution < 1.29 is 0 Å². The third-order valence-electron chi connectivity index (χ3n) is 6.27. The van der Waals surface area contributed by atoms with Crippen LogP contribution in [0.15, 0.2) is 53.7 Å². The SMILES string of the molecule is CCNC(=NCCc1nnc2ccccn12)NC1CCN(c2ccc(C(C)(C)C)cc2)CC1.I. The first-order chi connectivity index (χ1) is 15.9. The lowest BCUT2D eigenvalue weighted by Gasteiger charge is -2.35. The van der Waals surface area contributed by atoms with Gasteiger partial charge in [0.25, 0.3) is 0 Å². The monoisotopic (exact) mass is 575 g/mol. The predicted molar refractivity (Wildman–Crippen MR) is 152 cm³/mol. The van der Waals surface area contributed by atoms with Crippen LogP contribution in [0.4, 0.5) is 5.69 Å². The van der Waals surface area contributed by atoms with E-state index in [4.69, 9.17) is 4.99 Å². The second-order valence-corrected chi connectivity index (χ2v) is 9.76. The summed E-state index contributed by atoms with van der Waals surface area (Å²) in [6.07, 6.45) is 4.95. The van der Waals surface area contributed by atoms with E-state index in [2.05, 4.69) is 77.7 Å². The van der Waals surface area contributed by atoms with Gasteiger partial charge in [0, 0.05) is 50.5 Å². The summed E-state index contributed by atoms with van der Waals surface area (Å²) in [7, 11) is 0. The van der Waals surface area contributed by atoms with Gasteiger partial charge >= 0.3 is 0 Å². The molecule has 34 heavy (non-hydrogen) atoms. The molecular formula is C26H38IN7. The molecule has 0 bridgehead atoms. The molecule has 1 aliphatic rings. The Balaban J connectivity index is 0.00000324. The number of piperidine rings is 1. The molecule has 8 heteroatoms. The minimum absolute atomic E-state index is 0. The smallest absolute Gasteiger partial charge is 0.191 e. The average Bonchev–Trinajstić information content (AvgIpc) is 3.22. The number of hydrogen-bond donors (Lipinski definition) is 2. The molecule has 2 aromatic heterocycles. The fourth-order valence-electron chi connectivity index (χ4n) is 4.30. The van der Waals surface area contributed by atoms with E-state index in [1.165, 1.54) is 11.3 Å². The molecule has 0 radical (unpaired) electrons. The third-order valence-corrected chi connectivity index (χ3v) is 6.27. The maximum atomic E-state index is 4.80. The highest BCUT2D eigenvalue weighted by Crippen LogP contribution is 2.26. The minimum atomic E-state index is 0. The van der Waals surface area contributed by atoms with Gasteiger partial charge in [0.1, 0.15) is 5.82 Å². The molecule has 0 atom stereocenters. The maximum Gasteiger partial charge on any atom is 0.191 e. The van der Waals surface area contributed by atoms with E-state index in [1.807, 2.05) is 28.8 Å². The molecule has 3 aromatic rings. The van der Waals surface area contributed by atoms with Crippen molar-refractivity contribution in [1.29, 1.82) is 0 Å². The normalized spacial score (nSPS) is 15.3. The van der Waals surface area contributed by atoms with Gasteiger partial charge in [-0.1, -0.05) is 39.0 Å². The number of pyridine rings is 1. The highest BCUT2D eigenvalue weighted by Gasteiger charge is 2.21. The van der Waals surface area contributed by atoms with Crippen LogP contribution in [0.5, 0.6) is 0 Å². The minimum Gasteiger partial charge on any atom is -0.371 e. The Morgan fingerprint density at radius 3 is 2.47 bits per heavy atom. The summed E-state index contributed by atoms with van der Waals surface area (Å²) in [5, 5.41) is 15.6. The Morgan fingerprint density at radius 2 is 1.79 bits per heavy atom. The Bertz CT molecular complexity index is 1060. The first kappa shape index (κ1) is 26.2. The summed E-state index contributed by atoms with van der Waals surface area (Å²) in [6, 6.07) is 15.5. The number of aliphatic imine (C=N–C) groups is 1. The molecule has 7 nitrogen and oxygen atoms in total. The number of aromatic nitrogens is 3. The van der Waals surface area contributed by atoms with Crippen molar-refractivity contribution in [3.05, 3.63) is 60.0 Å². The van der Waals surface area contributed by atoms with E-state index < -0.39 is 0 Å². The number of fused-ring (bicyclic) bond motifs is 1. The molecule has 0 saturated carbocycles. The van der Waals surface area contributed by atoms with Crippen LogP contribution in [0.2, 0.25) is 0 Å². The largest absolute Gasteiger partial charge is 0.371 e. The summed E-state index contributed by atoms with van der Waals surface area (Å²) in [5.41, 5.74) is 3.77. The molecule has 4 rings (SSSR count). The van der Waals surface area contributed by atoms with Crippen LogP contribution in [-0.4, -0.2) is 52.8 Å². The van der Waals surface area contributed by atoms with Crippen molar-refractivity contribution in [1.82, 2.24) is 25.2 Å². The Labute approximate surface area is 220 Å². The van der Waals surface area contributed by atoms with Crippen molar-refractivity contribution in [3.63, 3.8) is 0 Å². The standard InChI is InChI=1S/C26H37N7.HI/c1-5-27-25(28-16-13-24-31-30-23-8-6-7-17-33(23)24)29-21-14-18-32(19-15-21)22-11-9-20(10-12-22)26(2,3)4;/h6-12,17,21H,5,13-16,18-19H2,1-4H3,(H2,27,28,29);1H. The van der Waals surface area contributed by atoms with Gasteiger partial charge in [-0.15, -0.1) is 34.2 Å². The molecule has 0 unspecified atom stereocenters. The Morgan fingerprint density at radius 1 is 1.06 bits per heavy atom. The molecule has 1 fully saturated rings. The molecule has 184 valence electrons. The summed E-state index contributed by atoms with van der Waals surface area (Å²) in [5.74, 6) is 1.83. The fraction of sp³-hybridized carbons (Fsp3) is 0.500. The first-order valence-corrected chi connectivity index (χ1v) is 12.1. The van der Waals surface area contributed by atoms with Crippen molar-refractivity contribution in [3.8, 4) is 0 Å². The molecule has 1 saturated heterocycles. The van der Waals surface area contributed by atoms with E-state index in [9.17, 15) is 0 Å². The van der Waals surface area contributed by atoms with E-state index in [0.717, 1.165) is 56.3 Å². The average molecular weight is 576 g/mol. The number of halogens is 1. The quantitative estimate of drug-likeness (QED) is 0.259. The molecule has 2 N–H and O–H groups in total. The lowest BCUT2D eigenvalue weighted by atomic mass is 9.87. The number of benzene rings is 1. The van der Waals surface area contributed by atoms with Crippen LogP contribution in [-0.2, 0) is 11.8 Å². The molecule has 3 heterocycles. The zero-order valence-corrected chi connectivity index (χ0v) is 23.1. The van der Waals surface area contributed by atoms with Crippen molar-refractivity contribution in [2.24, 2.45) is 4.99 Å². The van der Waals surface area contributed by atoms with Crippen LogP contribution < -0.4 is 15.5 Å². The van der Waals surface area contributed by atoms with E-state index in [1.54, 1.807) is 0 Å². The fourth-order valence-corrected chi connectivity index (χ4v) is 4.30. The predicted octanol–water partition coefficient (Wildman–Crippen LogP) is 4.41. The van der Waals surface area contributed by atoms with Crippen LogP contribution >= 0.6 is 24.0 Å².